The topological polar surface area (TPSA) is 76.8 Å². The Bertz CT molecular complexity index is 1260. The van der Waals surface area contributed by atoms with E-state index in [1.807, 2.05) is 84.9 Å². The second kappa shape index (κ2) is 9.87. The molecule has 0 fully saturated rings. The predicted octanol–water partition coefficient (Wildman–Crippen LogP) is 4.57. The van der Waals surface area contributed by atoms with Gasteiger partial charge in [-0.1, -0.05) is 54.6 Å². The Labute approximate surface area is 197 Å². The van der Waals surface area contributed by atoms with Gasteiger partial charge in [-0.3, -0.25) is 14.8 Å². The largest absolute Gasteiger partial charge is 0.327 e. The molecular weight excluding hydrogens is 424 g/mol. The lowest BCUT2D eigenvalue weighted by molar-refractivity contribution is 0.0717. The van der Waals surface area contributed by atoms with E-state index in [-0.39, 0.29) is 11.7 Å². The summed E-state index contributed by atoms with van der Waals surface area (Å²) >= 11 is 0. The normalized spacial score (nSPS) is 10.7. The van der Waals surface area contributed by atoms with Gasteiger partial charge in [0.15, 0.2) is 5.82 Å². The highest BCUT2D eigenvalue weighted by molar-refractivity contribution is 5.91. The molecular formula is C27H22N6O. The number of hydrogen-bond acceptors (Lipinski definition) is 5. The quantitative estimate of drug-likeness (QED) is 0.366. The minimum atomic E-state index is -0.257. The van der Waals surface area contributed by atoms with Gasteiger partial charge in [0.05, 0.1) is 5.69 Å². The number of carbonyl (C=O) groups is 1. The van der Waals surface area contributed by atoms with Gasteiger partial charge in [0.2, 0.25) is 5.82 Å². The van der Waals surface area contributed by atoms with E-state index < -0.39 is 0 Å². The average molecular weight is 447 g/mol. The Morgan fingerprint density at radius 1 is 0.735 bits per heavy atom. The van der Waals surface area contributed by atoms with Crippen LogP contribution in [-0.2, 0) is 13.1 Å². The molecule has 0 N–H and O–H groups in total. The molecule has 0 aliphatic rings. The van der Waals surface area contributed by atoms with Crippen molar-refractivity contribution in [2.45, 2.75) is 13.1 Å². The molecule has 5 aromatic rings. The van der Waals surface area contributed by atoms with Crippen molar-refractivity contribution in [2.24, 2.45) is 0 Å². The van der Waals surface area contributed by atoms with Crippen LogP contribution in [0.1, 0.15) is 21.7 Å². The molecule has 166 valence electrons. The van der Waals surface area contributed by atoms with Crippen molar-refractivity contribution in [3.05, 3.63) is 127 Å². The summed E-state index contributed by atoms with van der Waals surface area (Å²) in [5, 5.41) is 4.65. The molecule has 7 heteroatoms. The smallest absolute Gasteiger partial charge is 0.294 e. The van der Waals surface area contributed by atoms with Gasteiger partial charge in [-0.2, -0.15) is 0 Å². The SMILES string of the molecule is O=C(c1nc(-c2ccccc2)n(-c2ccccc2)n1)N(Cc1ccncc1)Cc1cccnc1. The summed E-state index contributed by atoms with van der Waals surface area (Å²) in [6.45, 7) is 0.784. The third kappa shape index (κ3) is 4.73. The molecule has 0 saturated carbocycles. The molecule has 2 aromatic carbocycles. The molecule has 1 amide bonds. The molecule has 0 radical (unpaired) electrons. The molecule has 0 spiro atoms. The maximum absolute atomic E-state index is 13.7. The highest BCUT2D eigenvalue weighted by Gasteiger charge is 2.24. The van der Waals surface area contributed by atoms with Crippen LogP contribution in [0.5, 0.6) is 0 Å². The first-order chi connectivity index (χ1) is 16.8. The van der Waals surface area contributed by atoms with Crippen molar-refractivity contribution < 1.29 is 4.79 Å². The molecule has 0 aliphatic carbocycles. The van der Waals surface area contributed by atoms with Crippen LogP contribution in [0.3, 0.4) is 0 Å². The standard InChI is InChI=1S/C27H22N6O/c34-27(32(19-21-13-16-28-17-14-21)20-22-8-7-15-29-18-22)25-30-26(23-9-3-1-4-10-23)33(31-25)24-11-5-2-6-12-24/h1-18H,19-20H2. The van der Waals surface area contributed by atoms with Crippen LogP contribution >= 0.6 is 0 Å². The van der Waals surface area contributed by atoms with Crippen LogP contribution in [-0.4, -0.2) is 35.5 Å². The summed E-state index contributed by atoms with van der Waals surface area (Å²) in [7, 11) is 0. The minimum Gasteiger partial charge on any atom is -0.327 e. The summed E-state index contributed by atoms with van der Waals surface area (Å²) in [6, 6.07) is 27.1. The Morgan fingerprint density at radius 3 is 2.15 bits per heavy atom. The minimum absolute atomic E-state index is 0.139. The number of amides is 1. The van der Waals surface area contributed by atoms with Gasteiger partial charge in [0, 0.05) is 43.4 Å². The summed E-state index contributed by atoms with van der Waals surface area (Å²) in [5.74, 6) is 0.494. The lowest BCUT2D eigenvalue weighted by Gasteiger charge is -2.21. The van der Waals surface area contributed by atoms with Crippen molar-refractivity contribution in [3.63, 3.8) is 0 Å². The van der Waals surface area contributed by atoms with E-state index >= 15 is 0 Å². The summed E-state index contributed by atoms with van der Waals surface area (Å²) in [4.78, 5) is 28.4. The first kappa shape index (κ1) is 21.2. The maximum atomic E-state index is 13.7. The van der Waals surface area contributed by atoms with E-state index in [4.69, 9.17) is 4.98 Å². The average Bonchev–Trinajstić information content (AvgIpc) is 3.36. The lowest BCUT2D eigenvalue weighted by atomic mass is 10.2. The van der Waals surface area contributed by atoms with Crippen LogP contribution in [0.4, 0.5) is 0 Å². The first-order valence-electron chi connectivity index (χ1n) is 10.9. The van der Waals surface area contributed by atoms with Crippen molar-refractivity contribution in [3.8, 4) is 17.1 Å². The van der Waals surface area contributed by atoms with E-state index in [1.54, 1.807) is 34.4 Å². The number of nitrogens with zero attached hydrogens (tertiary/aromatic N) is 6. The highest BCUT2D eigenvalue weighted by atomic mass is 16.2. The van der Waals surface area contributed by atoms with Gasteiger partial charge in [-0.25, -0.2) is 9.67 Å². The maximum Gasteiger partial charge on any atom is 0.294 e. The fourth-order valence-electron chi connectivity index (χ4n) is 3.69. The fraction of sp³-hybridized carbons (Fsp3) is 0.0741. The van der Waals surface area contributed by atoms with Crippen molar-refractivity contribution in [2.75, 3.05) is 0 Å². The number of aromatic nitrogens is 5. The molecule has 7 nitrogen and oxygen atoms in total. The monoisotopic (exact) mass is 446 g/mol. The zero-order valence-electron chi connectivity index (χ0n) is 18.4. The van der Waals surface area contributed by atoms with Crippen molar-refractivity contribution in [1.29, 1.82) is 0 Å². The second-order valence-electron chi connectivity index (χ2n) is 7.75. The number of rotatable bonds is 7. The zero-order valence-corrected chi connectivity index (χ0v) is 18.4. The van der Waals surface area contributed by atoms with Crippen LogP contribution in [0.15, 0.2) is 110 Å². The van der Waals surface area contributed by atoms with Crippen LogP contribution in [0.25, 0.3) is 17.1 Å². The van der Waals surface area contributed by atoms with Crippen LogP contribution < -0.4 is 0 Å². The molecule has 3 heterocycles. The second-order valence-corrected chi connectivity index (χ2v) is 7.75. The molecule has 5 rings (SSSR count). The molecule has 0 atom stereocenters. The first-order valence-corrected chi connectivity index (χ1v) is 10.9. The van der Waals surface area contributed by atoms with Crippen LogP contribution in [0, 0.1) is 0 Å². The predicted molar refractivity (Wildman–Crippen MR) is 129 cm³/mol. The van der Waals surface area contributed by atoms with Gasteiger partial charge >= 0.3 is 0 Å². The summed E-state index contributed by atoms with van der Waals surface area (Å²) < 4.78 is 1.72. The summed E-state index contributed by atoms with van der Waals surface area (Å²) in [5.41, 5.74) is 3.61. The van der Waals surface area contributed by atoms with E-state index in [0.717, 1.165) is 22.4 Å². The number of hydrogen-bond donors (Lipinski definition) is 0. The van der Waals surface area contributed by atoms with E-state index in [2.05, 4.69) is 15.1 Å². The third-order valence-corrected chi connectivity index (χ3v) is 5.34. The number of para-hydroxylation sites is 1. The third-order valence-electron chi connectivity index (χ3n) is 5.34. The van der Waals surface area contributed by atoms with Gasteiger partial charge in [0.1, 0.15) is 0 Å². The molecule has 34 heavy (non-hydrogen) atoms. The highest BCUT2D eigenvalue weighted by Crippen LogP contribution is 2.22. The number of carbonyl (C=O) groups excluding carboxylic acids is 1. The zero-order chi connectivity index (χ0) is 23.2. The molecule has 0 bridgehead atoms. The van der Waals surface area contributed by atoms with Gasteiger partial charge in [0.25, 0.3) is 5.91 Å². The van der Waals surface area contributed by atoms with Crippen molar-refractivity contribution in [1.82, 2.24) is 29.6 Å². The van der Waals surface area contributed by atoms with Gasteiger partial charge < -0.3 is 4.90 Å². The number of benzene rings is 2. The Morgan fingerprint density at radius 2 is 1.44 bits per heavy atom. The Balaban J connectivity index is 1.54. The molecule has 0 unspecified atom stereocenters. The van der Waals surface area contributed by atoms with Crippen molar-refractivity contribution >= 4 is 5.91 Å². The van der Waals surface area contributed by atoms with Crippen LogP contribution in [0.2, 0.25) is 0 Å². The molecule has 3 aromatic heterocycles. The fourth-order valence-corrected chi connectivity index (χ4v) is 3.69. The molecule has 0 saturated heterocycles. The van der Waals surface area contributed by atoms with E-state index in [0.29, 0.717) is 18.9 Å². The Hall–Kier alpha value is -4.65. The molecule has 0 aliphatic heterocycles. The van der Waals surface area contributed by atoms with Gasteiger partial charge in [-0.15, -0.1) is 5.10 Å². The summed E-state index contributed by atoms with van der Waals surface area (Å²) in [6.07, 6.45) is 6.92. The number of pyridine rings is 2. The Kier molecular flexibility index (Phi) is 6.16. The van der Waals surface area contributed by atoms with Gasteiger partial charge in [-0.05, 0) is 41.5 Å². The van der Waals surface area contributed by atoms with E-state index in [1.165, 1.54) is 0 Å². The lowest BCUT2D eigenvalue weighted by Crippen LogP contribution is -2.31. The van der Waals surface area contributed by atoms with E-state index in [9.17, 15) is 4.79 Å².